The van der Waals surface area contributed by atoms with Crippen LogP contribution in [0, 0.1) is 0 Å². The van der Waals surface area contributed by atoms with E-state index in [1.165, 1.54) is 24.3 Å². The van der Waals surface area contributed by atoms with Crippen LogP contribution in [0.2, 0.25) is 0 Å². The van der Waals surface area contributed by atoms with Crippen LogP contribution in [0.1, 0.15) is 22.3 Å². The second-order valence-electron chi connectivity index (χ2n) is 4.03. The van der Waals surface area contributed by atoms with Gasteiger partial charge in [0.15, 0.2) is 0 Å². The van der Waals surface area contributed by atoms with Crippen LogP contribution in [-0.2, 0) is 6.42 Å². The van der Waals surface area contributed by atoms with E-state index in [9.17, 15) is 18.0 Å². The zero-order valence-corrected chi connectivity index (χ0v) is 12.4. The summed E-state index contributed by atoms with van der Waals surface area (Å²) in [5.74, 6) is -1.04. The quantitative estimate of drug-likeness (QED) is 0.825. The number of hydrogen-bond acceptors (Lipinski definition) is 4. The van der Waals surface area contributed by atoms with E-state index < -0.39 is 11.5 Å². The maximum Gasteiger partial charge on any atom is 0.446 e. The standard InChI is InChI=1S/C13H10F3NO2S2/c1-2-9-10(12(18)19)20-11(17-9)7-3-5-8(6-4-7)21-13(14,15)16/h3-6H,2H2,1H3,(H,18,19). The van der Waals surface area contributed by atoms with E-state index in [0.717, 1.165) is 11.3 Å². The van der Waals surface area contributed by atoms with Crippen molar-refractivity contribution < 1.29 is 23.1 Å². The van der Waals surface area contributed by atoms with Gasteiger partial charge in [-0.1, -0.05) is 19.1 Å². The van der Waals surface area contributed by atoms with Crippen LogP contribution in [0.4, 0.5) is 13.2 Å². The van der Waals surface area contributed by atoms with Crippen molar-refractivity contribution in [2.45, 2.75) is 23.7 Å². The topological polar surface area (TPSA) is 50.2 Å². The Morgan fingerprint density at radius 2 is 1.95 bits per heavy atom. The summed E-state index contributed by atoms with van der Waals surface area (Å²) >= 11 is 0.836. The molecule has 0 amide bonds. The molecular formula is C13H10F3NO2S2. The van der Waals surface area contributed by atoms with Gasteiger partial charge in [0.2, 0.25) is 0 Å². The third kappa shape index (κ3) is 3.98. The van der Waals surface area contributed by atoms with Crippen LogP contribution in [0.5, 0.6) is 0 Å². The van der Waals surface area contributed by atoms with Gasteiger partial charge in [0, 0.05) is 10.5 Å². The summed E-state index contributed by atoms with van der Waals surface area (Å²) in [6, 6.07) is 5.72. The second-order valence-corrected chi connectivity index (χ2v) is 6.16. The summed E-state index contributed by atoms with van der Waals surface area (Å²) in [6.45, 7) is 1.80. The van der Waals surface area contributed by atoms with Gasteiger partial charge in [-0.05, 0) is 30.3 Å². The number of carboxylic acid groups (broad SMARTS) is 1. The van der Waals surface area contributed by atoms with E-state index in [-0.39, 0.29) is 21.5 Å². The van der Waals surface area contributed by atoms with Crippen molar-refractivity contribution in [3.8, 4) is 10.6 Å². The minimum atomic E-state index is -4.32. The fourth-order valence-corrected chi connectivity index (χ4v) is 3.22. The summed E-state index contributed by atoms with van der Waals surface area (Å²) < 4.78 is 36.7. The first-order chi connectivity index (χ1) is 9.80. The fourth-order valence-electron chi connectivity index (χ4n) is 1.68. The molecule has 1 aromatic carbocycles. The smallest absolute Gasteiger partial charge is 0.446 e. The number of halogens is 3. The molecule has 3 nitrogen and oxygen atoms in total. The largest absolute Gasteiger partial charge is 0.477 e. The van der Waals surface area contributed by atoms with Crippen molar-refractivity contribution in [2.24, 2.45) is 0 Å². The van der Waals surface area contributed by atoms with E-state index >= 15 is 0 Å². The molecule has 112 valence electrons. The molecule has 1 N–H and O–H groups in total. The number of thiazole rings is 1. The number of nitrogens with zero attached hydrogens (tertiary/aromatic N) is 1. The van der Waals surface area contributed by atoms with Gasteiger partial charge in [0.05, 0.1) is 5.69 Å². The maximum absolute atomic E-state index is 12.2. The Bertz CT molecular complexity index is 650. The number of hydrogen-bond donors (Lipinski definition) is 1. The van der Waals surface area contributed by atoms with E-state index in [1.54, 1.807) is 6.92 Å². The molecule has 0 bridgehead atoms. The summed E-state index contributed by atoms with van der Waals surface area (Å²) in [5, 5.41) is 9.56. The maximum atomic E-state index is 12.2. The summed E-state index contributed by atoms with van der Waals surface area (Å²) in [4.78, 5) is 15.6. The van der Waals surface area contributed by atoms with Crippen LogP contribution in [0.3, 0.4) is 0 Å². The lowest BCUT2D eigenvalue weighted by molar-refractivity contribution is -0.0328. The predicted octanol–water partition coefficient (Wildman–Crippen LogP) is 4.68. The summed E-state index contributed by atoms with van der Waals surface area (Å²) in [6.07, 6.45) is 0.486. The molecule has 21 heavy (non-hydrogen) atoms. The first-order valence-corrected chi connectivity index (χ1v) is 7.52. The van der Waals surface area contributed by atoms with Crippen molar-refractivity contribution in [1.29, 1.82) is 0 Å². The minimum absolute atomic E-state index is 0.0805. The monoisotopic (exact) mass is 333 g/mol. The van der Waals surface area contributed by atoms with Gasteiger partial charge in [0.1, 0.15) is 9.88 Å². The Morgan fingerprint density at radius 1 is 1.33 bits per heavy atom. The average molecular weight is 333 g/mol. The van der Waals surface area contributed by atoms with E-state index in [2.05, 4.69) is 4.98 Å². The molecule has 1 heterocycles. The average Bonchev–Trinajstić information content (AvgIpc) is 2.82. The molecular weight excluding hydrogens is 323 g/mol. The van der Waals surface area contributed by atoms with Crippen molar-refractivity contribution in [3.63, 3.8) is 0 Å². The van der Waals surface area contributed by atoms with Gasteiger partial charge in [-0.25, -0.2) is 9.78 Å². The Hall–Kier alpha value is -1.54. The first kappa shape index (κ1) is 15.8. The third-order valence-electron chi connectivity index (χ3n) is 2.56. The summed E-state index contributed by atoms with van der Waals surface area (Å²) in [7, 11) is 0. The Labute approximate surface area is 126 Å². The zero-order valence-electron chi connectivity index (χ0n) is 10.8. The highest BCUT2D eigenvalue weighted by Crippen LogP contribution is 2.38. The van der Waals surface area contributed by atoms with Gasteiger partial charge in [-0.2, -0.15) is 13.2 Å². The highest BCUT2D eigenvalue weighted by molar-refractivity contribution is 8.00. The van der Waals surface area contributed by atoms with Gasteiger partial charge < -0.3 is 5.11 Å². The minimum Gasteiger partial charge on any atom is -0.477 e. The number of aromatic carboxylic acids is 1. The second kappa shape index (κ2) is 6.07. The van der Waals surface area contributed by atoms with E-state index in [0.29, 0.717) is 22.7 Å². The fraction of sp³-hybridized carbons (Fsp3) is 0.231. The van der Waals surface area contributed by atoms with Gasteiger partial charge in [-0.3, -0.25) is 0 Å². The molecule has 0 aliphatic heterocycles. The molecule has 0 atom stereocenters. The molecule has 0 unspecified atom stereocenters. The lowest BCUT2D eigenvalue weighted by Crippen LogP contribution is -1.98. The van der Waals surface area contributed by atoms with Gasteiger partial charge >= 0.3 is 11.5 Å². The molecule has 2 rings (SSSR count). The number of aryl methyl sites for hydroxylation is 1. The van der Waals surface area contributed by atoms with E-state index in [1.807, 2.05) is 0 Å². The Kier molecular flexibility index (Phi) is 4.58. The number of alkyl halides is 3. The normalized spacial score (nSPS) is 11.6. The number of benzene rings is 1. The molecule has 0 radical (unpaired) electrons. The van der Waals surface area contributed by atoms with Crippen LogP contribution in [0.25, 0.3) is 10.6 Å². The van der Waals surface area contributed by atoms with Crippen LogP contribution < -0.4 is 0 Å². The molecule has 0 fully saturated rings. The number of carboxylic acids is 1. The number of aromatic nitrogens is 1. The highest BCUT2D eigenvalue weighted by Gasteiger charge is 2.29. The Morgan fingerprint density at radius 3 is 2.38 bits per heavy atom. The summed E-state index contributed by atoms with van der Waals surface area (Å²) in [5.41, 5.74) is -3.24. The van der Waals surface area contributed by atoms with Crippen LogP contribution >= 0.6 is 23.1 Å². The molecule has 0 aliphatic rings. The molecule has 0 aliphatic carbocycles. The van der Waals surface area contributed by atoms with Crippen molar-refractivity contribution >= 4 is 29.1 Å². The van der Waals surface area contributed by atoms with Crippen molar-refractivity contribution in [1.82, 2.24) is 4.98 Å². The van der Waals surface area contributed by atoms with E-state index in [4.69, 9.17) is 5.11 Å². The SMILES string of the molecule is CCc1nc(-c2ccc(SC(F)(F)F)cc2)sc1C(=O)O. The van der Waals surface area contributed by atoms with Crippen molar-refractivity contribution in [3.05, 3.63) is 34.8 Å². The molecule has 0 saturated heterocycles. The number of thioether (sulfide) groups is 1. The first-order valence-electron chi connectivity index (χ1n) is 5.89. The van der Waals surface area contributed by atoms with Crippen molar-refractivity contribution in [2.75, 3.05) is 0 Å². The highest BCUT2D eigenvalue weighted by atomic mass is 32.2. The van der Waals surface area contributed by atoms with Gasteiger partial charge in [0.25, 0.3) is 0 Å². The van der Waals surface area contributed by atoms with Gasteiger partial charge in [-0.15, -0.1) is 11.3 Å². The zero-order chi connectivity index (χ0) is 15.6. The number of carbonyl (C=O) groups is 1. The number of rotatable bonds is 4. The molecule has 0 saturated carbocycles. The van der Waals surface area contributed by atoms with Crippen LogP contribution in [-0.4, -0.2) is 21.6 Å². The molecule has 1 aromatic heterocycles. The van der Waals surface area contributed by atoms with Crippen LogP contribution in [0.15, 0.2) is 29.2 Å². The molecule has 8 heteroatoms. The lowest BCUT2D eigenvalue weighted by Gasteiger charge is -2.05. The molecule has 2 aromatic rings. The lowest BCUT2D eigenvalue weighted by atomic mass is 10.2. The predicted molar refractivity (Wildman–Crippen MR) is 75.8 cm³/mol. The third-order valence-corrected chi connectivity index (χ3v) is 4.44. The molecule has 0 spiro atoms. The Balaban J connectivity index is 2.29.